The summed E-state index contributed by atoms with van der Waals surface area (Å²) in [6.45, 7) is 2.19. The summed E-state index contributed by atoms with van der Waals surface area (Å²) in [6, 6.07) is 7.69. The number of aliphatic carboxylic acids is 1. The minimum Gasteiger partial charge on any atom is -0.481 e. The zero-order chi connectivity index (χ0) is 13.8. The highest BCUT2D eigenvalue weighted by molar-refractivity contribution is 6.31. The van der Waals surface area contributed by atoms with E-state index in [1.165, 1.54) is 6.42 Å². The minimum atomic E-state index is -0.681. The molecule has 0 aliphatic heterocycles. The maximum absolute atomic E-state index is 11.5. The Morgan fingerprint density at radius 1 is 1.37 bits per heavy atom. The predicted molar refractivity (Wildman–Crippen MR) is 77.6 cm³/mol. The fourth-order valence-corrected chi connectivity index (χ4v) is 3.62. The van der Waals surface area contributed by atoms with Gasteiger partial charge in [0, 0.05) is 5.02 Å². The normalized spacial score (nSPS) is 27.2. The smallest absolute Gasteiger partial charge is 0.307 e. The van der Waals surface area contributed by atoms with Crippen LogP contribution in [0.4, 0.5) is 0 Å². The molecule has 3 atom stereocenters. The molecule has 0 saturated heterocycles. The van der Waals surface area contributed by atoms with Crippen molar-refractivity contribution in [2.75, 3.05) is 0 Å². The molecule has 0 radical (unpaired) electrons. The van der Waals surface area contributed by atoms with Crippen molar-refractivity contribution in [1.29, 1.82) is 0 Å². The van der Waals surface area contributed by atoms with Crippen LogP contribution in [0, 0.1) is 11.8 Å². The lowest BCUT2D eigenvalue weighted by Gasteiger charge is -2.34. The zero-order valence-electron chi connectivity index (χ0n) is 11.3. The van der Waals surface area contributed by atoms with Gasteiger partial charge in [-0.15, -0.1) is 0 Å². The molecule has 3 heteroatoms. The monoisotopic (exact) mass is 280 g/mol. The van der Waals surface area contributed by atoms with Gasteiger partial charge in [-0.2, -0.15) is 0 Å². The molecule has 2 nitrogen and oxygen atoms in total. The molecule has 1 fully saturated rings. The number of hydrogen-bond donors (Lipinski definition) is 1. The molecule has 1 aromatic carbocycles. The van der Waals surface area contributed by atoms with Crippen LogP contribution < -0.4 is 0 Å². The van der Waals surface area contributed by atoms with E-state index in [9.17, 15) is 9.90 Å². The first-order valence-corrected chi connectivity index (χ1v) is 7.48. The SMILES string of the molecule is CCCC1CCC(C(=O)O)C(c2ccccc2Cl)C1. The van der Waals surface area contributed by atoms with E-state index in [2.05, 4.69) is 6.92 Å². The molecule has 0 bridgehead atoms. The molecule has 2 rings (SSSR count). The Labute approximate surface area is 119 Å². The lowest BCUT2D eigenvalue weighted by molar-refractivity contribution is -0.143. The summed E-state index contributed by atoms with van der Waals surface area (Å²) in [5.41, 5.74) is 1.01. The van der Waals surface area contributed by atoms with Crippen molar-refractivity contribution in [3.8, 4) is 0 Å². The molecule has 1 aliphatic rings. The molecular weight excluding hydrogens is 260 g/mol. The second-order valence-electron chi connectivity index (χ2n) is 5.54. The Kier molecular flexibility index (Phi) is 4.87. The summed E-state index contributed by atoms with van der Waals surface area (Å²) >= 11 is 6.26. The van der Waals surface area contributed by atoms with Gasteiger partial charge in [0.25, 0.3) is 0 Å². The molecule has 1 aromatic rings. The van der Waals surface area contributed by atoms with E-state index in [1.807, 2.05) is 24.3 Å². The number of carbonyl (C=O) groups is 1. The van der Waals surface area contributed by atoms with Crippen LogP contribution in [-0.4, -0.2) is 11.1 Å². The number of hydrogen-bond acceptors (Lipinski definition) is 1. The fraction of sp³-hybridized carbons (Fsp3) is 0.562. The Hall–Kier alpha value is -1.02. The Balaban J connectivity index is 2.25. The first-order chi connectivity index (χ1) is 9.13. The molecule has 1 saturated carbocycles. The van der Waals surface area contributed by atoms with Gasteiger partial charge >= 0.3 is 5.97 Å². The van der Waals surface area contributed by atoms with E-state index in [-0.39, 0.29) is 11.8 Å². The quantitative estimate of drug-likeness (QED) is 0.866. The molecule has 0 amide bonds. The van der Waals surface area contributed by atoms with E-state index in [4.69, 9.17) is 11.6 Å². The third kappa shape index (κ3) is 3.30. The molecule has 1 aliphatic carbocycles. The van der Waals surface area contributed by atoms with Crippen LogP contribution in [0.1, 0.15) is 50.5 Å². The van der Waals surface area contributed by atoms with Crippen molar-refractivity contribution in [2.24, 2.45) is 11.8 Å². The molecule has 0 spiro atoms. The van der Waals surface area contributed by atoms with Crippen molar-refractivity contribution < 1.29 is 9.90 Å². The molecule has 0 heterocycles. The van der Waals surface area contributed by atoms with Crippen molar-refractivity contribution >= 4 is 17.6 Å². The third-order valence-electron chi connectivity index (χ3n) is 4.28. The fourth-order valence-electron chi connectivity index (χ4n) is 3.34. The number of rotatable bonds is 4. The maximum Gasteiger partial charge on any atom is 0.307 e. The average Bonchev–Trinajstić information content (AvgIpc) is 2.39. The van der Waals surface area contributed by atoms with Crippen LogP contribution in [0.3, 0.4) is 0 Å². The van der Waals surface area contributed by atoms with Crippen molar-refractivity contribution in [3.63, 3.8) is 0 Å². The van der Waals surface area contributed by atoms with E-state index in [0.717, 1.165) is 31.2 Å². The zero-order valence-corrected chi connectivity index (χ0v) is 12.1. The maximum atomic E-state index is 11.5. The molecule has 104 valence electrons. The van der Waals surface area contributed by atoms with Crippen molar-refractivity contribution in [1.82, 2.24) is 0 Å². The molecule has 3 unspecified atom stereocenters. The Morgan fingerprint density at radius 2 is 2.11 bits per heavy atom. The van der Waals surface area contributed by atoms with Gasteiger partial charge in [0.1, 0.15) is 0 Å². The van der Waals surface area contributed by atoms with Crippen LogP contribution in [-0.2, 0) is 4.79 Å². The largest absolute Gasteiger partial charge is 0.481 e. The minimum absolute atomic E-state index is 0.0662. The van der Waals surface area contributed by atoms with Gasteiger partial charge in [-0.25, -0.2) is 0 Å². The lowest BCUT2D eigenvalue weighted by atomic mass is 9.70. The summed E-state index contributed by atoms with van der Waals surface area (Å²) in [4.78, 5) is 11.5. The standard InChI is InChI=1S/C16H21ClO2/c1-2-5-11-8-9-13(16(18)19)14(10-11)12-6-3-4-7-15(12)17/h3-4,6-7,11,13-14H,2,5,8-10H2,1H3,(H,18,19). The van der Waals surface area contributed by atoms with Gasteiger partial charge < -0.3 is 5.11 Å². The molecule has 1 N–H and O–H groups in total. The van der Waals surface area contributed by atoms with Gasteiger partial charge in [0.15, 0.2) is 0 Å². The van der Waals surface area contributed by atoms with Gasteiger partial charge in [-0.3, -0.25) is 4.79 Å². The summed E-state index contributed by atoms with van der Waals surface area (Å²) in [7, 11) is 0. The Bertz CT molecular complexity index is 444. The summed E-state index contributed by atoms with van der Waals surface area (Å²) in [6.07, 6.45) is 5.11. The highest BCUT2D eigenvalue weighted by atomic mass is 35.5. The predicted octanol–water partition coefficient (Wildman–Crippen LogP) is 4.72. The van der Waals surface area contributed by atoms with Crippen LogP contribution in [0.2, 0.25) is 5.02 Å². The van der Waals surface area contributed by atoms with E-state index in [0.29, 0.717) is 10.9 Å². The van der Waals surface area contributed by atoms with Crippen LogP contribution in [0.15, 0.2) is 24.3 Å². The van der Waals surface area contributed by atoms with Crippen LogP contribution in [0.5, 0.6) is 0 Å². The number of carboxylic acids is 1. The number of benzene rings is 1. The van der Waals surface area contributed by atoms with E-state index < -0.39 is 5.97 Å². The van der Waals surface area contributed by atoms with Crippen molar-refractivity contribution in [2.45, 2.75) is 44.9 Å². The number of halogens is 1. The number of carboxylic acid groups (broad SMARTS) is 1. The third-order valence-corrected chi connectivity index (χ3v) is 4.62. The van der Waals surface area contributed by atoms with Gasteiger partial charge in [0.05, 0.1) is 5.92 Å². The van der Waals surface area contributed by atoms with Gasteiger partial charge in [0.2, 0.25) is 0 Å². The molecule has 19 heavy (non-hydrogen) atoms. The summed E-state index contributed by atoms with van der Waals surface area (Å²) in [5.74, 6) is -0.258. The lowest BCUT2D eigenvalue weighted by Crippen LogP contribution is -2.29. The van der Waals surface area contributed by atoms with E-state index >= 15 is 0 Å². The molecular formula is C16H21ClO2. The highest BCUT2D eigenvalue weighted by Crippen LogP contribution is 2.44. The highest BCUT2D eigenvalue weighted by Gasteiger charge is 2.36. The second kappa shape index (κ2) is 6.42. The van der Waals surface area contributed by atoms with Gasteiger partial charge in [-0.1, -0.05) is 49.6 Å². The topological polar surface area (TPSA) is 37.3 Å². The van der Waals surface area contributed by atoms with Crippen molar-refractivity contribution in [3.05, 3.63) is 34.9 Å². The average molecular weight is 281 g/mol. The first kappa shape index (κ1) is 14.4. The van der Waals surface area contributed by atoms with Crippen LogP contribution >= 0.6 is 11.6 Å². The summed E-state index contributed by atoms with van der Waals surface area (Å²) in [5, 5.41) is 10.1. The summed E-state index contributed by atoms with van der Waals surface area (Å²) < 4.78 is 0. The van der Waals surface area contributed by atoms with E-state index in [1.54, 1.807) is 0 Å². The van der Waals surface area contributed by atoms with Gasteiger partial charge in [-0.05, 0) is 42.7 Å². The first-order valence-electron chi connectivity index (χ1n) is 7.10. The second-order valence-corrected chi connectivity index (χ2v) is 5.95. The Morgan fingerprint density at radius 3 is 2.74 bits per heavy atom. The molecule has 0 aromatic heterocycles. The van der Waals surface area contributed by atoms with Crippen LogP contribution in [0.25, 0.3) is 0 Å².